The van der Waals surface area contributed by atoms with E-state index in [9.17, 15) is 4.79 Å². The number of anilines is 1. The minimum absolute atomic E-state index is 0.00250. The minimum Gasteiger partial charge on any atom is -0.454 e. The molecule has 3 aliphatic rings. The second-order valence-electron chi connectivity index (χ2n) is 8.88. The lowest BCUT2D eigenvalue weighted by Crippen LogP contribution is -2.45. The van der Waals surface area contributed by atoms with Gasteiger partial charge in [-0.3, -0.25) is 9.69 Å². The molecule has 6 rings (SSSR count). The van der Waals surface area contributed by atoms with Gasteiger partial charge in [0.05, 0.1) is 11.5 Å². The number of aromatic nitrogens is 1. The number of hydrogen-bond donors (Lipinski definition) is 2. The van der Waals surface area contributed by atoms with Crippen molar-refractivity contribution in [2.24, 2.45) is 0 Å². The summed E-state index contributed by atoms with van der Waals surface area (Å²) in [4.78, 5) is 21.4. The van der Waals surface area contributed by atoms with Gasteiger partial charge in [0.15, 0.2) is 16.6 Å². The molecule has 3 aromatic rings. The molecule has 0 radical (unpaired) electrons. The SMILES string of the molecule is O=C(Nc1ncc(C(c2ccccc2Cl)N2CCNCC2)s1)C1(c2ccc3c(c2)OCO3)CC1. The maximum atomic E-state index is 13.3. The first-order valence-corrected chi connectivity index (χ1v) is 12.7. The number of rotatable bonds is 6. The van der Waals surface area contributed by atoms with E-state index >= 15 is 0 Å². The standard InChI is InChI=1S/C25H25ClN4O3S/c26-18-4-2-1-3-17(18)22(30-11-9-27-10-12-30)21-14-28-24(34-21)29-23(31)25(7-8-25)16-5-6-19-20(13-16)33-15-32-19/h1-6,13-14,22,27H,7-12,15H2,(H,28,29,31). The largest absolute Gasteiger partial charge is 0.454 e. The fraction of sp³-hybridized carbons (Fsp3) is 0.360. The van der Waals surface area contributed by atoms with E-state index in [0.717, 1.165) is 65.8 Å². The molecule has 2 aliphatic heterocycles. The molecule has 34 heavy (non-hydrogen) atoms. The van der Waals surface area contributed by atoms with Crippen LogP contribution in [0, 0.1) is 0 Å². The zero-order chi connectivity index (χ0) is 23.1. The Morgan fingerprint density at radius 2 is 1.94 bits per heavy atom. The summed E-state index contributed by atoms with van der Waals surface area (Å²) in [5.74, 6) is 1.40. The van der Waals surface area contributed by atoms with Gasteiger partial charge in [0.25, 0.3) is 0 Å². The fourth-order valence-corrected chi connectivity index (χ4v) is 6.03. The number of amides is 1. The van der Waals surface area contributed by atoms with E-state index in [1.807, 2.05) is 42.6 Å². The van der Waals surface area contributed by atoms with E-state index in [1.165, 1.54) is 11.3 Å². The van der Waals surface area contributed by atoms with Crippen LogP contribution in [0.25, 0.3) is 0 Å². The smallest absolute Gasteiger partial charge is 0.236 e. The van der Waals surface area contributed by atoms with Crippen LogP contribution in [0.5, 0.6) is 11.5 Å². The molecule has 176 valence electrons. The predicted molar refractivity (Wildman–Crippen MR) is 132 cm³/mol. The van der Waals surface area contributed by atoms with Crippen molar-refractivity contribution in [1.82, 2.24) is 15.2 Å². The lowest BCUT2D eigenvalue weighted by atomic mass is 9.94. The number of carbonyl (C=O) groups excluding carboxylic acids is 1. The van der Waals surface area contributed by atoms with Crippen molar-refractivity contribution >= 4 is 34.0 Å². The van der Waals surface area contributed by atoms with Gasteiger partial charge >= 0.3 is 0 Å². The van der Waals surface area contributed by atoms with E-state index in [1.54, 1.807) is 0 Å². The van der Waals surface area contributed by atoms with Crippen molar-refractivity contribution in [3.8, 4) is 11.5 Å². The molecule has 2 aromatic carbocycles. The summed E-state index contributed by atoms with van der Waals surface area (Å²) in [7, 11) is 0. The quantitative estimate of drug-likeness (QED) is 0.533. The number of benzene rings is 2. The highest BCUT2D eigenvalue weighted by Gasteiger charge is 2.52. The molecular formula is C25H25ClN4O3S. The van der Waals surface area contributed by atoms with Crippen LogP contribution in [0.1, 0.15) is 34.9 Å². The second kappa shape index (κ2) is 8.85. The molecule has 1 amide bonds. The number of piperazine rings is 1. The van der Waals surface area contributed by atoms with Gasteiger partial charge in [0.1, 0.15) is 0 Å². The highest BCUT2D eigenvalue weighted by Crippen LogP contribution is 2.51. The van der Waals surface area contributed by atoms with Crippen LogP contribution in [0.3, 0.4) is 0 Å². The van der Waals surface area contributed by atoms with Crippen LogP contribution in [0.4, 0.5) is 5.13 Å². The number of carbonyl (C=O) groups is 1. The van der Waals surface area contributed by atoms with E-state index in [2.05, 4.69) is 26.6 Å². The third kappa shape index (κ3) is 3.94. The van der Waals surface area contributed by atoms with Crippen molar-refractivity contribution in [3.63, 3.8) is 0 Å². The average molecular weight is 497 g/mol. The first-order valence-electron chi connectivity index (χ1n) is 11.5. The van der Waals surface area contributed by atoms with Crippen LogP contribution >= 0.6 is 22.9 Å². The number of halogens is 1. The maximum absolute atomic E-state index is 13.3. The van der Waals surface area contributed by atoms with Gasteiger partial charge in [-0.2, -0.15) is 0 Å². The zero-order valence-corrected chi connectivity index (χ0v) is 20.1. The molecular weight excluding hydrogens is 472 g/mol. The summed E-state index contributed by atoms with van der Waals surface area (Å²) in [6, 6.07) is 13.7. The molecule has 2 fully saturated rings. The van der Waals surface area contributed by atoms with Gasteiger partial charge in [0.2, 0.25) is 12.7 Å². The van der Waals surface area contributed by atoms with Crippen molar-refractivity contribution in [2.75, 3.05) is 38.3 Å². The molecule has 2 N–H and O–H groups in total. The second-order valence-corrected chi connectivity index (χ2v) is 10.4. The fourth-order valence-electron chi connectivity index (χ4n) is 4.82. The van der Waals surface area contributed by atoms with Crippen LogP contribution in [-0.4, -0.2) is 48.8 Å². The summed E-state index contributed by atoms with van der Waals surface area (Å²) >= 11 is 8.13. The number of nitrogens with zero attached hydrogens (tertiary/aromatic N) is 2. The van der Waals surface area contributed by atoms with E-state index in [0.29, 0.717) is 10.9 Å². The first kappa shape index (κ1) is 21.9. The number of ether oxygens (including phenoxy) is 2. The Kier molecular flexibility index (Phi) is 5.69. The molecule has 7 nitrogen and oxygen atoms in total. The highest BCUT2D eigenvalue weighted by molar-refractivity contribution is 7.15. The van der Waals surface area contributed by atoms with Crippen LogP contribution in [0.15, 0.2) is 48.7 Å². The molecule has 1 aliphatic carbocycles. The molecule has 1 saturated heterocycles. The monoisotopic (exact) mass is 496 g/mol. The van der Waals surface area contributed by atoms with Gasteiger partial charge in [-0.05, 0) is 42.2 Å². The number of hydrogen-bond acceptors (Lipinski definition) is 7. The summed E-state index contributed by atoms with van der Waals surface area (Å²) in [5, 5.41) is 7.85. The minimum atomic E-state index is -0.534. The number of nitrogens with one attached hydrogen (secondary N) is 2. The Labute approximate surface area is 207 Å². The molecule has 3 heterocycles. The Hall–Kier alpha value is -2.65. The van der Waals surface area contributed by atoms with Gasteiger partial charge in [-0.15, -0.1) is 0 Å². The van der Waals surface area contributed by atoms with Gasteiger partial charge in [0, 0.05) is 42.3 Å². The van der Waals surface area contributed by atoms with Crippen molar-refractivity contribution in [1.29, 1.82) is 0 Å². The van der Waals surface area contributed by atoms with Crippen molar-refractivity contribution in [2.45, 2.75) is 24.3 Å². The zero-order valence-electron chi connectivity index (χ0n) is 18.6. The summed E-state index contributed by atoms with van der Waals surface area (Å²) in [6.07, 6.45) is 3.48. The van der Waals surface area contributed by atoms with E-state index in [-0.39, 0.29) is 18.7 Å². The van der Waals surface area contributed by atoms with Crippen molar-refractivity contribution in [3.05, 3.63) is 69.7 Å². The molecule has 9 heteroatoms. The highest BCUT2D eigenvalue weighted by atomic mass is 35.5. The third-order valence-corrected chi connectivity index (χ3v) is 8.15. The molecule has 0 bridgehead atoms. The Bertz CT molecular complexity index is 1220. The lowest BCUT2D eigenvalue weighted by molar-refractivity contribution is -0.118. The van der Waals surface area contributed by atoms with E-state index in [4.69, 9.17) is 21.1 Å². The first-order chi connectivity index (χ1) is 16.6. The normalized spacial score (nSPS) is 19.6. The maximum Gasteiger partial charge on any atom is 0.236 e. The molecule has 1 unspecified atom stereocenters. The summed E-state index contributed by atoms with van der Waals surface area (Å²) < 4.78 is 10.9. The summed E-state index contributed by atoms with van der Waals surface area (Å²) in [5.41, 5.74) is 1.49. The average Bonchev–Trinajstić information content (AvgIpc) is 3.33. The molecule has 1 saturated carbocycles. The predicted octanol–water partition coefficient (Wildman–Crippen LogP) is 4.19. The van der Waals surface area contributed by atoms with E-state index < -0.39 is 5.41 Å². The lowest BCUT2D eigenvalue weighted by Gasteiger charge is -2.34. The number of fused-ring (bicyclic) bond motifs is 1. The van der Waals surface area contributed by atoms with Crippen LogP contribution in [-0.2, 0) is 10.2 Å². The van der Waals surface area contributed by atoms with Crippen molar-refractivity contribution < 1.29 is 14.3 Å². The summed E-state index contributed by atoms with van der Waals surface area (Å²) in [6.45, 7) is 3.92. The van der Waals surface area contributed by atoms with Crippen LogP contribution in [0.2, 0.25) is 5.02 Å². The Morgan fingerprint density at radius 3 is 2.74 bits per heavy atom. The molecule has 1 atom stereocenters. The Morgan fingerprint density at radius 1 is 1.15 bits per heavy atom. The van der Waals surface area contributed by atoms with Crippen LogP contribution < -0.4 is 20.1 Å². The van der Waals surface area contributed by atoms with Gasteiger partial charge in [-0.25, -0.2) is 4.98 Å². The molecule has 0 spiro atoms. The van der Waals surface area contributed by atoms with Gasteiger partial charge < -0.3 is 20.1 Å². The van der Waals surface area contributed by atoms with Gasteiger partial charge in [-0.1, -0.05) is 47.2 Å². The molecule has 1 aromatic heterocycles. The number of thiazole rings is 1. The Balaban J connectivity index is 1.25. The topological polar surface area (TPSA) is 75.7 Å². The third-order valence-electron chi connectivity index (χ3n) is 6.84.